The van der Waals surface area contributed by atoms with Gasteiger partial charge in [0, 0.05) is 24.8 Å². The molecule has 0 aliphatic rings. The molecule has 0 aliphatic carbocycles. The van der Waals surface area contributed by atoms with Crippen LogP contribution in [0.3, 0.4) is 0 Å². The number of hydrogen-bond acceptors (Lipinski definition) is 3. The van der Waals surface area contributed by atoms with Crippen molar-refractivity contribution >= 4 is 11.6 Å². The average Bonchev–Trinajstić information content (AvgIpc) is 2.51. The van der Waals surface area contributed by atoms with Crippen LogP contribution in [-0.4, -0.2) is 30.8 Å². The highest BCUT2D eigenvalue weighted by Crippen LogP contribution is 2.18. The number of amides is 1. The van der Waals surface area contributed by atoms with Crippen molar-refractivity contribution < 1.29 is 14.6 Å². The van der Waals surface area contributed by atoms with E-state index in [9.17, 15) is 4.79 Å². The zero-order chi connectivity index (χ0) is 15.7. The lowest BCUT2D eigenvalue weighted by Gasteiger charge is -2.12. The van der Waals surface area contributed by atoms with E-state index in [1.807, 2.05) is 32.0 Å². The Labute approximate surface area is 126 Å². The molecule has 1 amide bonds. The van der Waals surface area contributed by atoms with Crippen molar-refractivity contribution in [2.45, 2.75) is 39.2 Å². The third-order valence-corrected chi connectivity index (χ3v) is 3.25. The lowest BCUT2D eigenvalue weighted by molar-refractivity contribution is -0.116. The minimum Gasteiger partial charge on any atom is -0.384 e. The van der Waals surface area contributed by atoms with Gasteiger partial charge < -0.3 is 15.2 Å². The Morgan fingerprint density at radius 2 is 2.24 bits per heavy atom. The van der Waals surface area contributed by atoms with Crippen LogP contribution >= 0.6 is 0 Å². The number of rotatable bonds is 6. The van der Waals surface area contributed by atoms with Crippen LogP contribution in [0.4, 0.5) is 5.69 Å². The summed E-state index contributed by atoms with van der Waals surface area (Å²) in [6.07, 6.45) is 2.02. The van der Waals surface area contributed by atoms with Gasteiger partial charge in [-0.05, 0) is 43.5 Å². The standard InChI is InChI=1S/C17H23NO3/c1-4-15-12-14(6-5-11-19)8-9-16(15)18-17(20)10-7-13(2)21-3/h8-9,12-13,19H,4,7,10-11H2,1-3H3,(H,18,20). The minimum absolute atomic E-state index is 0.0113. The first-order chi connectivity index (χ1) is 10.1. The number of carbonyl (C=O) groups excluding carboxylic acids is 1. The van der Waals surface area contributed by atoms with Gasteiger partial charge in [-0.15, -0.1) is 0 Å². The molecule has 0 radical (unpaired) electrons. The third kappa shape index (κ3) is 5.99. The number of aliphatic hydroxyl groups is 1. The molecule has 2 N–H and O–H groups in total. The largest absolute Gasteiger partial charge is 0.384 e. The summed E-state index contributed by atoms with van der Waals surface area (Å²) in [4.78, 5) is 11.9. The number of anilines is 1. The quantitative estimate of drug-likeness (QED) is 0.790. The smallest absolute Gasteiger partial charge is 0.224 e. The van der Waals surface area contributed by atoms with E-state index in [1.54, 1.807) is 7.11 Å². The van der Waals surface area contributed by atoms with Gasteiger partial charge in [-0.2, -0.15) is 0 Å². The Morgan fingerprint density at radius 1 is 1.48 bits per heavy atom. The van der Waals surface area contributed by atoms with Gasteiger partial charge in [-0.1, -0.05) is 18.8 Å². The van der Waals surface area contributed by atoms with E-state index in [-0.39, 0.29) is 18.6 Å². The molecule has 21 heavy (non-hydrogen) atoms. The van der Waals surface area contributed by atoms with Crippen LogP contribution in [0, 0.1) is 11.8 Å². The Bertz CT molecular complexity index is 529. The maximum absolute atomic E-state index is 11.9. The van der Waals surface area contributed by atoms with E-state index in [4.69, 9.17) is 9.84 Å². The molecule has 4 heteroatoms. The first kappa shape index (κ1) is 17.2. The summed E-state index contributed by atoms with van der Waals surface area (Å²) >= 11 is 0. The minimum atomic E-state index is -0.155. The van der Waals surface area contributed by atoms with Gasteiger partial charge in [0.2, 0.25) is 5.91 Å². The predicted octanol–water partition coefficient (Wildman–Crippen LogP) is 2.35. The normalized spacial score (nSPS) is 11.4. The second kappa shape index (κ2) is 9.17. The maximum atomic E-state index is 11.9. The summed E-state index contributed by atoms with van der Waals surface area (Å²) < 4.78 is 5.13. The second-order valence-electron chi connectivity index (χ2n) is 4.82. The van der Waals surface area contributed by atoms with Gasteiger partial charge in [-0.3, -0.25) is 4.79 Å². The van der Waals surface area contributed by atoms with Crippen LogP contribution in [-0.2, 0) is 16.0 Å². The topological polar surface area (TPSA) is 58.6 Å². The van der Waals surface area contributed by atoms with E-state index in [0.717, 1.165) is 23.2 Å². The fourth-order valence-electron chi connectivity index (χ4n) is 1.89. The highest BCUT2D eigenvalue weighted by molar-refractivity contribution is 5.91. The van der Waals surface area contributed by atoms with Gasteiger partial charge in [0.15, 0.2) is 0 Å². The van der Waals surface area contributed by atoms with Gasteiger partial charge in [0.05, 0.1) is 6.10 Å². The Balaban J connectivity index is 2.72. The summed E-state index contributed by atoms with van der Waals surface area (Å²) in [7, 11) is 1.64. The number of carbonyl (C=O) groups is 1. The molecule has 0 bridgehead atoms. The molecular formula is C17H23NO3. The number of aliphatic hydroxyl groups excluding tert-OH is 1. The monoisotopic (exact) mass is 289 g/mol. The number of nitrogens with one attached hydrogen (secondary N) is 1. The Hall–Kier alpha value is -1.83. The highest BCUT2D eigenvalue weighted by Gasteiger charge is 2.08. The van der Waals surface area contributed by atoms with Crippen molar-refractivity contribution in [2.75, 3.05) is 19.0 Å². The number of benzene rings is 1. The lowest BCUT2D eigenvalue weighted by Crippen LogP contribution is -2.16. The number of methoxy groups -OCH3 is 1. The second-order valence-corrected chi connectivity index (χ2v) is 4.82. The molecule has 1 rings (SSSR count). The molecule has 1 atom stereocenters. The van der Waals surface area contributed by atoms with Crippen LogP contribution in [0.1, 0.15) is 37.8 Å². The number of aryl methyl sites for hydroxylation is 1. The van der Waals surface area contributed by atoms with E-state index in [2.05, 4.69) is 17.2 Å². The molecule has 0 fully saturated rings. The first-order valence-corrected chi connectivity index (χ1v) is 7.16. The summed E-state index contributed by atoms with van der Waals surface area (Å²) in [5.41, 5.74) is 2.70. The Morgan fingerprint density at radius 3 is 2.86 bits per heavy atom. The van der Waals surface area contributed by atoms with Crippen LogP contribution < -0.4 is 5.32 Å². The van der Waals surface area contributed by atoms with Crippen molar-refractivity contribution in [3.63, 3.8) is 0 Å². The van der Waals surface area contributed by atoms with Gasteiger partial charge in [0.1, 0.15) is 6.61 Å². The molecular weight excluding hydrogens is 266 g/mol. The van der Waals surface area contributed by atoms with Crippen molar-refractivity contribution in [2.24, 2.45) is 0 Å². The fraction of sp³-hybridized carbons (Fsp3) is 0.471. The molecule has 1 aromatic carbocycles. The molecule has 4 nitrogen and oxygen atoms in total. The molecule has 1 unspecified atom stereocenters. The fourth-order valence-corrected chi connectivity index (χ4v) is 1.89. The van der Waals surface area contributed by atoms with Crippen LogP contribution in [0.2, 0.25) is 0 Å². The van der Waals surface area contributed by atoms with E-state index in [1.165, 1.54) is 0 Å². The van der Waals surface area contributed by atoms with E-state index in [0.29, 0.717) is 12.8 Å². The van der Waals surface area contributed by atoms with Gasteiger partial charge >= 0.3 is 0 Å². The number of ether oxygens (including phenoxy) is 1. The molecule has 114 valence electrons. The Kier molecular flexibility index (Phi) is 7.52. The third-order valence-electron chi connectivity index (χ3n) is 3.25. The van der Waals surface area contributed by atoms with Gasteiger partial charge in [0.25, 0.3) is 0 Å². The first-order valence-electron chi connectivity index (χ1n) is 7.16. The molecule has 0 aromatic heterocycles. The van der Waals surface area contributed by atoms with Crippen LogP contribution in [0.25, 0.3) is 0 Å². The molecule has 0 saturated carbocycles. The summed E-state index contributed by atoms with van der Waals surface area (Å²) in [5, 5.41) is 11.6. The van der Waals surface area contributed by atoms with Crippen LogP contribution in [0.5, 0.6) is 0 Å². The van der Waals surface area contributed by atoms with Crippen molar-refractivity contribution in [3.8, 4) is 11.8 Å². The van der Waals surface area contributed by atoms with Crippen molar-refractivity contribution in [3.05, 3.63) is 29.3 Å². The van der Waals surface area contributed by atoms with Gasteiger partial charge in [-0.25, -0.2) is 0 Å². The molecule has 0 spiro atoms. The van der Waals surface area contributed by atoms with Crippen molar-refractivity contribution in [1.82, 2.24) is 0 Å². The van der Waals surface area contributed by atoms with Crippen LogP contribution in [0.15, 0.2) is 18.2 Å². The molecule has 1 aromatic rings. The SMILES string of the molecule is CCc1cc(C#CCO)ccc1NC(=O)CCC(C)OC. The summed E-state index contributed by atoms with van der Waals surface area (Å²) in [6, 6.07) is 5.64. The van der Waals surface area contributed by atoms with Crippen molar-refractivity contribution in [1.29, 1.82) is 0 Å². The maximum Gasteiger partial charge on any atom is 0.224 e. The summed E-state index contributed by atoms with van der Waals surface area (Å²) in [6.45, 7) is 3.82. The van der Waals surface area contributed by atoms with E-state index < -0.39 is 0 Å². The lowest BCUT2D eigenvalue weighted by atomic mass is 10.1. The summed E-state index contributed by atoms with van der Waals surface area (Å²) in [5.74, 6) is 5.48. The zero-order valence-electron chi connectivity index (χ0n) is 12.9. The van der Waals surface area contributed by atoms with E-state index >= 15 is 0 Å². The molecule has 0 heterocycles. The molecule has 0 saturated heterocycles. The zero-order valence-corrected chi connectivity index (χ0v) is 12.9. The molecule has 0 aliphatic heterocycles. The average molecular weight is 289 g/mol. The predicted molar refractivity (Wildman–Crippen MR) is 84.1 cm³/mol. The highest BCUT2D eigenvalue weighted by atomic mass is 16.5. The number of hydrogen-bond donors (Lipinski definition) is 2.